The van der Waals surface area contributed by atoms with Gasteiger partial charge in [-0.05, 0) is 13.3 Å². The van der Waals surface area contributed by atoms with Crippen molar-refractivity contribution >= 4 is 16.3 Å². The van der Waals surface area contributed by atoms with Crippen LogP contribution in [0.3, 0.4) is 0 Å². The van der Waals surface area contributed by atoms with Crippen molar-refractivity contribution in [1.82, 2.24) is 9.38 Å². The number of unbranched alkanes of at least 4 members (excludes halogenated alkanes) is 1. The van der Waals surface area contributed by atoms with Crippen molar-refractivity contribution in [2.24, 2.45) is 0 Å². The first-order chi connectivity index (χ1) is 10.7. The Morgan fingerprint density at radius 3 is 2.73 bits per heavy atom. The van der Waals surface area contributed by atoms with Gasteiger partial charge in [0.05, 0.1) is 19.3 Å². The van der Waals surface area contributed by atoms with Gasteiger partial charge in [0, 0.05) is 17.1 Å². The summed E-state index contributed by atoms with van der Waals surface area (Å²) in [6.45, 7) is 6.60. The van der Waals surface area contributed by atoms with E-state index in [-0.39, 0.29) is 0 Å². The Balaban J connectivity index is 1.97. The van der Waals surface area contributed by atoms with Gasteiger partial charge in [-0.1, -0.05) is 43.2 Å². The van der Waals surface area contributed by atoms with E-state index in [0.29, 0.717) is 0 Å². The molecule has 22 heavy (non-hydrogen) atoms. The molecule has 1 N–H and O–H groups in total. The molecule has 0 amide bonds. The summed E-state index contributed by atoms with van der Waals surface area (Å²) in [5, 5.41) is 2.12. The Kier molecular flexibility index (Phi) is 4.60. The average molecular weight is 314 g/mol. The molecule has 0 aliphatic heterocycles. The lowest BCUT2D eigenvalue weighted by molar-refractivity contribution is -0.894. The molecule has 3 rings (SSSR count). The number of nitrogens with one attached hydrogen (secondary N) is 1. The molecule has 1 aromatic carbocycles. The van der Waals surface area contributed by atoms with Crippen LogP contribution in [0.4, 0.5) is 0 Å². The van der Waals surface area contributed by atoms with E-state index in [1.54, 1.807) is 16.2 Å². The number of hydrogen-bond donors (Lipinski definition) is 1. The summed E-state index contributed by atoms with van der Waals surface area (Å²) in [4.78, 5) is 7.51. The molecule has 0 bridgehead atoms. The highest BCUT2D eigenvalue weighted by molar-refractivity contribution is 7.15. The molecule has 0 aliphatic rings. The van der Waals surface area contributed by atoms with E-state index < -0.39 is 0 Å². The normalized spacial score (nSPS) is 12.9. The summed E-state index contributed by atoms with van der Waals surface area (Å²) in [5.74, 6) is 0. The van der Waals surface area contributed by atoms with Crippen LogP contribution in [0.1, 0.15) is 31.0 Å². The largest absolute Gasteiger partial charge is 0.332 e. The second-order valence-electron chi connectivity index (χ2n) is 6.07. The molecule has 116 valence electrons. The van der Waals surface area contributed by atoms with Crippen LogP contribution in [-0.4, -0.2) is 23.0 Å². The van der Waals surface area contributed by atoms with Crippen molar-refractivity contribution in [2.75, 3.05) is 13.6 Å². The summed E-state index contributed by atoms with van der Waals surface area (Å²) >= 11 is 1.71. The summed E-state index contributed by atoms with van der Waals surface area (Å²) in [6, 6.07) is 8.71. The smallest absolute Gasteiger partial charge is 0.194 e. The standard InChI is InChI=1S/C18H23N3S/c1-4-5-10-20(3)13-16-17(15-8-6-14(2)7-9-15)19-18-21(16)11-12-22-18/h6-9,11-12H,4-5,10,13H2,1-3H3/p+1. The van der Waals surface area contributed by atoms with Gasteiger partial charge in [0.15, 0.2) is 4.96 Å². The Labute approximate surface area is 136 Å². The molecule has 0 fully saturated rings. The molecular formula is C18H24N3S+. The van der Waals surface area contributed by atoms with Crippen LogP contribution >= 0.6 is 11.3 Å². The van der Waals surface area contributed by atoms with E-state index in [4.69, 9.17) is 4.98 Å². The van der Waals surface area contributed by atoms with E-state index in [0.717, 1.165) is 17.2 Å². The molecule has 0 saturated heterocycles. The van der Waals surface area contributed by atoms with Crippen LogP contribution < -0.4 is 4.90 Å². The number of aromatic nitrogens is 2. The highest BCUT2D eigenvalue weighted by atomic mass is 32.1. The quantitative estimate of drug-likeness (QED) is 0.741. The maximum absolute atomic E-state index is 4.87. The van der Waals surface area contributed by atoms with Gasteiger partial charge in [-0.3, -0.25) is 4.40 Å². The average Bonchev–Trinajstić information content (AvgIpc) is 3.09. The number of aryl methyl sites for hydroxylation is 1. The number of imidazole rings is 1. The number of rotatable bonds is 6. The molecule has 0 spiro atoms. The Morgan fingerprint density at radius 1 is 1.23 bits per heavy atom. The number of benzene rings is 1. The first-order valence-electron chi connectivity index (χ1n) is 8.01. The Morgan fingerprint density at radius 2 is 2.00 bits per heavy atom. The third kappa shape index (κ3) is 3.08. The molecule has 4 heteroatoms. The van der Waals surface area contributed by atoms with Gasteiger partial charge in [0.25, 0.3) is 0 Å². The van der Waals surface area contributed by atoms with Crippen LogP contribution in [0, 0.1) is 6.92 Å². The highest BCUT2D eigenvalue weighted by Crippen LogP contribution is 2.26. The SMILES string of the molecule is CCCC[NH+](C)Cc1c(-c2ccc(C)cc2)nc2sccn12. The van der Waals surface area contributed by atoms with Crippen molar-refractivity contribution < 1.29 is 4.90 Å². The van der Waals surface area contributed by atoms with Crippen molar-refractivity contribution in [3.05, 3.63) is 47.1 Å². The predicted molar refractivity (Wildman–Crippen MR) is 93.6 cm³/mol. The van der Waals surface area contributed by atoms with Crippen LogP contribution in [0.2, 0.25) is 0 Å². The van der Waals surface area contributed by atoms with Crippen LogP contribution in [-0.2, 0) is 6.54 Å². The summed E-state index contributed by atoms with van der Waals surface area (Å²) < 4.78 is 2.26. The van der Waals surface area contributed by atoms with Crippen molar-refractivity contribution in [3.8, 4) is 11.3 Å². The third-order valence-corrected chi connectivity index (χ3v) is 4.87. The van der Waals surface area contributed by atoms with Crippen LogP contribution in [0.15, 0.2) is 35.8 Å². The molecule has 3 nitrogen and oxygen atoms in total. The lowest BCUT2D eigenvalue weighted by Crippen LogP contribution is -3.07. The lowest BCUT2D eigenvalue weighted by atomic mass is 10.1. The number of nitrogens with zero attached hydrogens (tertiary/aromatic N) is 2. The first kappa shape index (κ1) is 15.3. The second-order valence-corrected chi connectivity index (χ2v) is 6.94. The number of thiazole rings is 1. The monoisotopic (exact) mass is 314 g/mol. The summed E-state index contributed by atoms with van der Waals surface area (Å²) in [7, 11) is 2.28. The van der Waals surface area contributed by atoms with Gasteiger partial charge in [-0.2, -0.15) is 0 Å². The molecule has 3 aromatic rings. The maximum atomic E-state index is 4.87. The van der Waals surface area contributed by atoms with Crippen LogP contribution in [0.25, 0.3) is 16.2 Å². The third-order valence-electron chi connectivity index (χ3n) is 4.11. The molecule has 1 atom stereocenters. The van der Waals surface area contributed by atoms with E-state index in [9.17, 15) is 0 Å². The summed E-state index contributed by atoms with van der Waals surface area (Å²) in [6.07, 6.45) is 4.67. The van der Waals surface area contributed by atoms with E-state index >= 15 is 0 Å². The predicted octanol–water partition coefficient (Wildman–Crippen LogP) is 3.19. The molecule has 0 aliphatic carbocycles. The number of fused-ring (bicyclic) bond motifs is 1. The van der Waals surface area contributed by atoms with E-state index in [1.165, 1.54) is 36.2 Å². The van der Waals surface area contributed by atoms with E-state index in [2.05, 4.69) is 61.1 Å². The fourth-order valence-corrected chi connectivity index (χ4v) is 3.53. The van der Waals surface area contributed by atoms with Crippen molar-refractivity contribution in [3.63, 3.8) is 0 Å². The molecular weight excluding hydrogens is 290 g/mol. The minimum atomic E-state index is 1.01. The first-order valence-corrected chi connectivity index (χ1v) is 8.89. The van der Waals surface area contributed by atoms with E-state index in [1.807, 2.05) is 0 Å². The van der Waals surface area contributed by atoms with Gasteiger partial charge in [0.1, 0.15) is 12.2 Å². The molecule has 2 heterocycles. The fraction of sp³-hybridized carbons (Fsp3) is 0.389. The zero-order chi connectivity index (χ0) is 15.5. The topological polar surface area (TPSA) is 21.7 Å². The summed E-state index contributed by atoms with van der Waals surface area (Å²) in [5.41, 5.74) is 4.98. The number of quaternary nitrogens is 1. The van der Waals surface area contributed by atoms with Gasteiger partial charge < -0.3 is 4.90 Å². The highest BCUT2D eigenvalue weighted by Gasteiger charge is 2.18. The zero-order valence-corrected chi connectivity index (χ0v) is 14.4. The molecule has 1 unspecified atom stereocenters. The second kappa shape index (κ2) is 6.63. The van der Waals surface area contributed by atoms with Crippen LogP contribution in [0.5, 0.6) is 0 Å². The van der Waals surface area contributed by atoms with Gasteiger partial charge in [-0.15, -0.1) is 11.3 Å². The minimum absolute atomic E-state index is 1.01. The number of hydrogen-bond acceptors (Lipinski definition) is 2. The fourth-order valence-electron chi connectivity index (χ4n) is 2.80. The van der Waals surface area contributed by atoms with Gasteiger partial charge in [0.2, 0.25) is 0 Å². The van der Waals surface area contributed by atoms with Crippen molar-refractivity contribution in [2.45, 2.75) is 33.2 Å². The van der Waals surface area contributed by atoms with Gasteiger partial charge in [-0.25, -0.2) is 4.98 Å². The molecule has 0 radical (unpaired) electrons. The lowest BCUT2D eigenvalue weighted by Gasteiger charge is -2.14. The molecule has 2 aromatic heterocycles. The Hall–Kier alpha value is -1.65. The zero-order valence-electron chi connectivity index (χ0n) is 13.6. The van der Waals surface area contributed by atoms with Gasteiger partial charge >= 0.3 is 0 Å². The maximum Gasteiger partial charge on any atom is 0.194 e. The minimum Gasteiger partial charge on any atom is -0.332 e. The Bertz CT molecular complexity index is 739. The van der Waals surface area contributed by atoms with Crippen molar-refractivity contribution in [1.29, 1.82) is 0 Å². The molecule has 0 saturated carbocycles.